The lowest BCUT2D eigenvalue weighted by molar-refractivity contribution is 0.0118. The fourth-order valence-electron chi connectivity index (χ4n) is 1.22. The van der Waals surface area contributed by atoms with Crippen molar-refractivity contribution in [1.29, 1.82) is 0 Å². The van der Waals surface area contributed by atoms with Gasteiger partial charge in [0.15, 0.2) is 0 Å². The van der Waals surface area contributed by atoms with Gasteiger partial charge in [0.2, 0.25) is 0 Å². The molecule has 1 amide bonds. The standard InChI is InChI=1S/C11H13ClF2N2O.ClH/c1-7-2-3-8(12)4-9(7)10(17)16-6-11(13,14)5-15;/h2-4H,5-6,15H2,1H3,(H,16,17);1H. The average molecular weight is 299 g/mol. The number of benzene rings is 1. The third-order valence-corrected chi connectivity index (χ3v) is 2.49. The number of rotatable bonds is 4. The summed E-state index contributed by atoms with van der Waals surface area (Å²) in [6.07, 6.45) is 0. The van der Waals surface area contributed by atoms with Crippen LogP contribution in [0.2, 0.25) is 5.02 Å². The first-order valence-corrected chi connectivity index (χ1v) is 5.36. The highest BCUT2D eigenvalue weighted by molar-refractivity contribution is 6.31. The lowest BCUT2D eigenvalue weighted by Crippen LogP contribution is -2.41. The maximum atomic E-state index is 12.8. The highest BCUT2D eigenvalue weighted by Crippen LogP contribution is 2.16. The van der Waals surface area contributed by atoms with E-state index in [9.17, 15) is 13.6 Å². The molecule has 0 fully saturated rings. The third kappa shape index (κ3) is 4.76. The highest BCUT2D eigenvalue weighted by atomic mass is 35.5. The van der Waals surface area contributed by atoms with Crippen molar-refractivity contribution in [2.45, 2.75) is 12.8 Å². The summed E-state index contributed by atoms with van der Waals surface area (Å²) >= 11 is 5.73. The van der Waals surface area contributed by atoms with E-state index in [2.05, 4.69) is 5.32 Å². The number of hydrogen-bond donors (Lipinski definition) is 2. The first-order valence-electron chi connectivity index (χ1n) is 4.98. The maximum Gasteiger partial charge on any atom is 0.277 e. The molecule has 0 radical (unpaired) electrons. The Labute approximate surface area is 115 Å². The van der Waals surface area contributed by atoms with E-state index < -0.39 is 24.9 Å². The molecule has 3 N–H and O–H groups in total. The monoisotopic (exact) mass is 298 g/mol. The molecule has 1 rings (SSSR count). The average Bonchev–Trinajstić information content (AvgIpc) is 2.29. The molecular weight excluding hydrogens is 285 g/mol. The summed E-state index contributed by atoms with van der Waals surface area (Å²) in [6.45, 7) is 0.114. The summed E-state index contributed by atoms with van der Waals surface area (Å²) in [6, 6.07) is 4.72. The molecule has 7 heteroatoms. The minimum absolute atomic E-state index is 0. The van der Waals surface area contributed by atoms with Gasteiger partial charge in [-0.2, -0.15) is 0 Å². The zero-order valence-corrected chi connectivity index (χ0v) is 11.2. The summed E-state index contributed by atoms with van der Waals surface area (Å²) in [7, 11) is 0. The van der Waals surface area contributed by atoms with Gasteiger partial charge in [-0.15, -0.1) is 12.4 Å². The Kier molecular flexibility index (Phi) is 6.52. The Hall–Kier alpha value is -0.910. The number of nitrogens with two attached hydrogens (primary N) is 1. The second-order valence-electron chi connectivity index (χ2n) is 3.70. The van der Waals surface area contributed by atoms with Gasteiger partial charge in [-0.25, -0.2) is 8.78 Å². The van der Waals surface area contributed by atoms with Gasteiger partial charge in [-0.3, -0.25) is 4.79 Å². The molecule has 0 heterocycles. The number of carbonyl (C=O) groups is 1. The molecule has 1 aromatic rings. The second-order valence-corrected chi connectivity index (χ2v) is 4.14. The maximum absolute atomic E-state index is 12.8. The molecule has 0 unspecified atom stereocenters. The van der Waals surface area contributed by atoms with Gasteiger partial charge in [0.05, 0.1) is 13.1 Å². The minimum atomic E-state index is -3.10. The van der Waals surface area contributed by atoms with Crippen LogP contribution in [0.5, 0.6) is 0 Å². The quantitative estimate of drug-likeness (QED) is 0.897. The van der Waals surface area contributed by atoms with Crippen LogP contribution in [0, 0.1) is 6.92 Å². The van der Waals surface area contributed by atoms with Gasteiger partial charge in [0.25, 0.3) is 11.8 Å². The molecule has 1 aromatic carbocycles. The summed E-state index contributed by atoms with van der Waals surface area (Å²) in [5, 5.41) is 2.51. The Bertz CT molecular complexity index is 428. The van der Waals surface area contributed by atoms with Gasteiger partial charge in [-0.05, 0) is 24.6 Å². The first-order chi connectivity index (χ1) is 7.85. The minimum Gasteiger partial charge on any atom is -0.346 e. The molecule has 0 spiro atoms. The fourth-order valence-corrected chi connectivity index (χ4v) is 1.39. The molecule has 18 heavy (non-hydrogen) atoms. The number of halogens is 4. The Morgan fingerprint density at radius 1 is 1.50 bits per heavy atom. The zero-order valence-electron chi connectivity index (χ0n) is 9.67. The Balaban J connectivity index is 0.00000289. The molecule has 0 saturated heterocycles. The molecule has 0 aliphatic carbocycles. The van der Waals surface area contributed by atoms with Crippen molar-refractivity contribution in [2.24, 2.45) is 5.73 Å². The molecule has 0 aliphatic heterocycles. The van der Waals surface area contributed by atoms with Gasteiger partial charge in [0, 0.05) is 10.6 Å². The first kappa shape index (κ1) is 17.1. The number of hydrogen-bond acceptors (Lipinski definition) is 2. The van der Waals surface area contributed by atoms with E-state index in [0.717, 1.165) is 0 Å². The highest BCUT2D eigenvalue weighted by Gasteiger charge is 2.27. The van der Waals surface area contributed by atoms with Crippen molar-refractivity contribution in [3.63, 3.8) is 0 Å². The van der Waals surface area contributed by atoms with Gasteiger partial charge in [0.1, 0.15) is 0 Å². The van der Waals surface area contributed by atoms with E-state index in [1.54, 1.807) is 19.1 Å². The Morgan fingerprint density at radius 3 is 2.67 bits per heavy atom. The van der Waals surface area contributed by atoms with E-state index in [0.29, 0.717) is 10.6 Å². The van der Waals surface area contributed by atoms with Crippen molar-refractivity contribution in [3.8, 4) is 0 Å². The van der Waals surface area contributed by atoms with Crippen molar-refractivity contribution in [3.05, 3.63) is 34.3 Å². The van der Waals surface area contributed by atoms with Crippen molar-refractivity contribution >= 4 is 29.9 Å². The number of alkyl halides is 2. The molecule has 102 valence electrons. The van der Waals surface area contributed by atoms with Crippen LogP contribution in [0.1, 0.15) is 15.9 Å². The van der Waals surface area contributed by atoms with Gasteiger partial charge in [-0.1, -0.05) is 17.7 Å². The van der Waals surface area contributed by atoms with Crippen LogP contribution in [0.4, 0.5) is 8.78 Å². The van der Waals surface area contributed by atoms with Crippen LogP contribution in [-0.2, 0) is 0 Å². The molecule has 0 aliphatic rings. The van der Waals surface area contributed by atoms with E-state index in [4.69, 9.17) is 17.3 Å². The lowest BCUT2D eigenvalue weighted by Gasteiger charge is -2.15. The largest absolute Gasteiger partial charge is 0.346 e. The summed E-state index contributed by atoms with van der Waals surface area (Å²) in [5.41, 5.74) is 5.81. The van der Waals surface area contributed by atoms with E-state index in [1.807, 2.05) is 0 Å². The molecule has 0 atom stereocenters. The molecule has 0 aromatic heterocycles. The van der Waals surface area contributed by atoms with Crippen molar-refractivity contribution in [2.75, 3.05) is 13.1 Å². The zero-order chi connectivity index (χ0) is 13.1. The van der Waals surface area contributed by atoms with Crippen molar-refractivity contribution < 1.29 is 13.6 Å². The molecular formula is C11H14Cl2F2N2O. The fraction of sp³-hybridized carbons (Fsp3) is 0.364. The van der Waals surface area contributed by atoms with Crippen molar-refractivity contribution in [1.82, 2.24) is 5.32 Å². The van der Waals surface area contributed by atoms with Crippen LogP contribution in [0.3, 0.4) is 0 Å². The Morgan fingerprint density at radius 2 is 2.11 bits per heavy atom. The third-order valence-electron chi connectivity index (χ3n) is 2.25. The summed E-state index contributed by atoms with van der Waals surface area (Å²) in [4.78, 5) is 11.6. The molecule has 3 nitrogen and oxygen atoms in total. The second kappa shape index (κ2) is 6.87. The summed E-state index contributed by atoms with van der Waals surface area (Å²) < 4.78 is 25.7. The van der Waals surface area contributed by atoms with Crippen LogP contribution in [0.25, 0.3) is 0 Å². The van der Waals surface area contributed by atoms with E-state index in [1.165, 1.54) is 6.07 Å². The van der Waals surface area contributed by atoms with Crippen LogP contribution in [0.15, 0.2) is 18.2 Å². The lowest BCUT2D eigenvalue weighted by atomic mass is 10.1. The predicted molar refractivity (Wildman–Crippen MR) is 69.8 cm³/mol. The molecule has 0 saturated carbocycles. The van der Waals surface area contributed by atoms with Gasteiger partial charge < -0.3 is 11.1 Å². The van der Waals surface area contributed by atoms with E-state index in [-0.39, 0.29) is 18.0 Å². The summed E-state index contributed by atoms with van der Waals surface area (Å²) in [5.74, 6) is -3.68. The normalized spacial score (nSPS) is 10.7. The number of amides is 1. The number of carbonyl (C=O) groups excluding carboxylic acids is 1. The SMILES string of the molecule is Cc1ccc(Cl)cc1C(=O)NCC(F)(F)CN.Cl. The van der Waals surface area contributed by atoms with E-state index >= 15 is 0 Å². The van der Waals surface area contributed by atoms with Crippen LogP contribution >= 0.6 is 24.0 Å². The van der Waals surface area contributed by atoms with Crippen LogP contribution in [-0.4, -0.2) is 24.9 Å². The number of nitrogens with one attached hydrogen (secondary N) is 1. The van der Waals surface area contributed by atoms with Gasteiger partial charge >= 0.3 is 0 Å². The molecule has 0 bridgehead atoms. The number of aryl methyl sites for hydroxylation is 1. The topological polar surface area (TPSA) is 55.1 Å². The van der Waals surface area contributed by atoms with Crippen LogP contribution < -0.4 is 11.1 Å². The predicted octanol–water partition coefficient (Wildman–Crippen LogP) is 2.39. The smallest absolute Gasteiger partial charge is 0.277 e.